The third kappa shape index (κ3) is 4.42. The topological polar surface area (TPSA) is 46.5 Å². The SMILES string of the molecule is C=C(CC(O)C(=O)OCC)C(C)(C)C. The lowest BCUT2D eigenvalue weighted by Gasteiger charge is -2.23. The van der Waals surface area contributed by atoms with Crippen molar-refractivity contribution in [2.45, 2.75) is 40.2 Å². The van der Waals surface area contributed by atoms with Gasteiger partial charge in [0.2, 0.25) is 0 Å². The molecule has 1 atom stereocenters. The second kappa shape index (κ2) is 5.15. The summed E-state index contributed by atoms with van der Waals surface area (Å²) in [5.74, 6) is -0.571. The molecule has 0 radical (unpaired) electrons. The molecule has 0 spiro atoms. The molecule has 0 aliphatic heterocycles. The van der Waals surface area contributed by atoms with Crippen LogP contribution in [0.3, 0.4) is 0 Å². The van der Waals surface area contributed by atoms with Crippen molar-refractivity contribution in [2.75, 3.05) is 6.61 Å². The standard InChI is InChI=1S/C11H20O3/c1-6-14-10(13)9(12)7-8(2)11(3,4)5/h9,12H,2,6-7H2,1,3-5H3. The summed E-state index contributed by atoms with van der Waals surface area (Å²) >= 11 is 0. The minimum atomic E-state index is -1.08. The summed E-state index contributed by atoms with van der Waals surface area (Å²) in [6.07, 6.45) is -0.816. The predicted octanol–water partition coefficient (Wildman–Crippen LogP) is 1.90. The molecule has 0 bridgehead atoms. The minimum absolute atomic E-state index is 0.0898. The van der Waals surface area contributed by atoms with Crippen LogP contribution in [0.4, 0.5) is 0 Å². The van der Waals surface area contributed by atoms with Crippen molar-refractivity contribution in [1.29, 1.82) is 0 Å². The lowest BCUT2D eigenvalue weighted by molar-refractivity contribution is -0.152. The third-order valence-corrected chi connectivity index (χ3v) is 2.06. The summed E-state index contributed by atoms with van der Waals surface area (Å²) in [6, 6.07) is 0. The first-order valence-electron chi connectivity index (χ1n) is 4.82. The molecule has 0 aromatic carbocycles. The zero-order valence-electron chi connectivity index (χ0n) is 9.46. The molecule has 0 saturated carbocycles. The number of hydrogen-bond donors (Lipinski definition) is 1. The fourth-order valence-electron chi connectivity index (χ4n) is 0.861. The number of esters is 1. The number of carbonyl (C=O) groups is 1. The van der Waals surface area contributed by atoms with Crippen LogP contribution in [0.1, 0.15) is 34.1 Å². The molecule has 0 aliphatic rings. The first kappa shape index (κ1) is 13.2. The molecule has 0 saturated heterocycles. The van der Waals surface area contributed by atoms with Gasteiger partial charge in [0.05, 0.1) is 6.61 Å². The summed E-state index contributed by atoms with van der Waals surface area (Å²) in [5, 5.41) is 9.45. The van der Waals surface area contributed by atoms with E-state index in [1.165, 1.54) is 0 Å². The van der Waals surface area contributed by atoms with Crippen LogP contribution >= 0.6 is 0 Å². The van der Waals surface area contributed by atoms with Crippen molar-refractivity contribution in [2.24, 2.45) is 5.41 Å². The third-order valence-electron chi connectivity index (χ3n) is 2.06. The summed E-state index contributed by atoms with van der Waals surface area (Å²) in [5.41, 5.74) is 0.756. The molecule has 0 aliphatic carbocycles. The zero-order valence-corrected chi connectivity index (χ0v) is 9.46. The molecule has 0 aromatic heterocycles. The van der Waals surface area contributed by atoms with Gasteiger partial charge >= 0.3 is 5.97 Å². The molecule has 1 unspecified atom stereocenters. The van der Waals surface area contributed by atoms with Crippen molar-refractivity contribution >= 4 is 5.97 Å². The molecule has 0 amide bonds. The summed E-state index contributed by atoms with van der Waals surface area (Å²) in [4.78, 5) is 11.1. The Morgan fingerprint density at radius 2 is 2.00 bits per heavy atom. The Kier molecular flexibility index (Phi) is 4.85. The van der Waals surface area contributed by atoms with E-state index in [-0.39, 0.29) is 18.4 Å². The van der Waals surface area contributed by atoms with Crippen LogP contribution in [0.25, 0.3) is 0 Å². The molecule has 0 fully saturated rings. The van der Waals surface area contributed by atoms with Gasteiger partial charge in [-0.2, -0.15) is 0 Å². The fourth-order valence-corrected chi connectivity index (χ4v) is 0.861. The molecule has 3 nitrogen and oxygen atoms in total. The predicted molar refractivity (Wildman–Crippen MR) is 55.9 cm³/mol. The van der Waals surface area contributed by atoms with Gasteiger partial charge in [-0.15, -0.1) is 0 Å². The molecular formula is C11H20O3. The van der Waals surface area contributed by atoms with Crippen molar-refractivity contribution in [3.8, 4) is 0 Å². The van der Waals surface area contributed by atoms with Crippen LogP contribution in [0, 0.1) is 5.41 Å². The van der Waals surface area contributed by atoms with Gasteiger partial charge in [-0.1, -0.05) is 32.9 Å². The number of hydrogen-bond acceptors (Lipinski definition) is 3. The Morgan fingerprint density at radius 3 is 2.36 bits per heavy atom. The molecule has 0 aromatic rings. The van der Waals surface area contributed by atoms with Crippen LogP contribution in [0.2, 0.25) is 0 Å². The van der Waals surface area contributed by atoms with Crippen LogP contribution in [-0.4, -0.2) is 23.8 Å². The number of carbonyl (C=O) groups excluding carboxylic acids is 1. The highest BCUT2D eigenvalue weighted by atomic mass is 16.5. The van der Waals surface area contributed by atoms with E-state index in [9.17, 15) is 9.90 Å². The monoisotopic (exact) mass is 200 g/mol. The molecule has 0 heterocycles. The average Bonchev–Trinajstić information content (AvgIpc) is 2.02. The van der Waals surface area contributed by atoms with Gasteiger partial charge in [0.15, 0.2) is 6.10 Å². The van der Waals surface area contributed by atoms with Crippen LogP contribution in [0.5, 0.6) is 0 Å². The molecule has 14 heavy (non-hydrogen) atoms. The molecule has 82 valence electrons. The number of aliphatic hydroxyl groups is 1. The lowest BCUT2D eigenvalue weighted by atomic mass is 9.84. The van der Waals surface area contributed by atoms with E-state index in [2.05, 4.69) is 11.3 Å². The highest BCUT2D eigenvalue weighted by Gasteiger charge is 2.22. The first-order chi connectivity index (χ1) is 6.29. The van der Waals surface area contributed by atoms with Gasteiger partial charge < -0.3 is 9.84 Å². The molecular weight excluding hydrogens is 180 g/mol. The molecule has 0 rings (SSSR count). The number of ether oxygens (including phenoxy) is 1. The lowest BCUT2D eigenvalue weighted by Crippen LogP contribution is -2.25. The second-order valence-corrected chi connectivity index (χ2v) is 4.33. The minimum Gasteiger partial charge on any atom is -0.464 e. The average molecular weight is 200 g/mol. The Bertz CT molecular complexity index is 213. The number of aliphatic hydroxyl groups excluding tert-OH is 1. The van der Waals surface area contributed by atoms with E-state index in [0.717, 1.165) is 5.57 Å². The first-order valence-corrected chi connectivity index (χ1v) is 4.82. The summed E-state index contributed by atoms with van der Waals surface area (Å²) in [6.45, 7) is 11.8. The van der Waals surface area contributed by atoms with Crippen LogP contribution < -0.4 is 0 Å². The van der Waals surface area contributed by atoms with Gasteiger partial charge in [-0.05, 0) is 12.3 Å². The van der Waals surface area contributed by atoms with Crippen molar-refractivity contribution in [3.63, 3.8) is 0 Å². The number of rotatable bonds is 4. The largest absolute Gasteiger partial charge is 0.464 e. The van der Waals surface area contributed by atoms with Crippen LogP contribution in [-0.2, 0) is 9.53 Å². The molecule has 1 N–H and O–H groups in total. The molecule has 3 heteroatoms. The van der Waals surface area contributed by atoms with E-state index in [0.29, 0.717) is 0 Å². The van der Waals surface area contributed by atoms with Gasteiger partial charge in [-0.3, -0.25) is 0 Å². The zero-order chi connectivity index (χ0) is 11.4. The second-order valence-electron chi connectivity index (χ2n) is 4.33. The Hall–Kier alpha value is -0.830. The smallest absolute Gasteiger partial charge is 0.335 e. The maximum absolute atomic E-state index is 11.1. The van der Waals surface area contributed by atoms with Crippen molar-refractivity contribution < 1.29 is 14.6 Å². The maximum Gasteiger partial charge on any atom is 0.335 e. The van der Waals surface area contributed by atoms with E-state index >= 15 is 0 Å². The highest BCUT2D eigenvalue weighted by molar-refractivity contribution is 5.74. The Balaban J connectivity index is 4.13. The Labute approximate surface area is 85.8 Å². The van der Waals surface area contributed by atoms with Crippen molar-refractivity contribution in [1.82, 2.24) is 0 Å². The fraction of sp³-hybridized carbons (Fsp3) is 0.727. The Morgan fingerprint density at radius 1 is 1.50 bits per heavy atom. The maximum atomic E-state index is 11.1. The summed E-state index contributed by atoms with van der Waals surface area (Å²) < 4.78 is 4.69. The van der Waals surface area contributed by atoms with E-state index in [1.54, 1.807) is 6.92 Å². The van der Waals surface area contributed by atoms with E-state index < -0.39 is 12.1 Å². The van der Waals surface area contributed by atoms with E-state index in [1.807, 2.05) is 20.8 Å². The highest BCUT2D eigenvalue weighted by Crippen LogP contribution is 2.27. The quantitative estimate of drug-likeness (QED) is 0.557. The summed E-state index contributed by atoms with van der Waals surface area (Å²) in [7, 11) is 0. The van der Waals surface area contributed by atoms with Crippen molar-refractivity contribution in [3.05, 3.63) is 12.2 Å². The van der Waals surface area contributed by atoms with Gasteiger partial charge in [-0.25, -0.2) is 4.79 Å². The van der Waals surface area contributed by atoms with Gasteiger partial charge in [0.25, 0.3) is 0 Å². The van der Waals surface area contributed by atoms with Crippen LogP contribution in [0.15, 0.2) is 12.2 Å². The normalized spacial score (nSPS) is 13.5. The van der Waals surface area contributed by atoms with E-state index in [4.69, 9.17) is 0 Å². The van der Waals surface area contributed by atoms with Gasteiger partial charge in [0, 0.05) is 6.42 Å². The van der Waals surface area contributed by atoms with Gasteiger partial charge in [0.1, 0.15) is 0 Å².